The first-order chi connectivity index (χ1) is 17.1. The zero-order valence-electron chi connectivity index (χ0n) is 20.6. The molecule has 4 N–H and O–H groups in total. The molecule has 0 saturated heterocycles. The lowest BCUT2D eigenvalue weighted by Gasteiger charge is -2.20. The Morgan fingerprint density at radius 3 is 2.28 bits per heavy atom. The fourth-order valence-corrected chi connectivity index (χ4v) is 3.96. The van der Waals surface area contributed by atoms with E-state index in [-0.39, 0.29) is 29.6 Å². The molecule has 9 heteroatoms. The molecule has 0 spiro atoms. The number of carboxylic acid groups (broad SMARTS) is 1. The van der Waals surface area contributed by atoms with Gasteiger partial charge in [0, 0.05) is 32.1 Å². The summed E-state index contributed by atoms with van der Waals surface area (Å²) in [6.45, 7) is 4.55. The molecular formula is C27H32N4O5. The van der Waals surface area contributed by atoms with Gasteiger partial charge in [-0.15, -0.1) is 0 Å². The number of aliphatic hydroxyl groups excluding tert-OH is 1. The van der Waals surface area contributed by atoms with Crippen LogP contribution in [0.4, 0.5) is 0 Å². The van der Waals surface area contributed by atoms with Gasteiger partial charge in [-0.1, -0.05) is 68.4 Å². The number of nitrogens with zero attached hydrogens (tertiary/aromatic N) is 2. The Kier molecular flexibility index (Phi) is 8.97. The van der Waals surface area contributed by atoms with Gasteiger partial charge in [0.1, 0.15) is 5.69 Å². The molecule has 0 radical (unpaired) electrons. The number of carbonyl (C=O) groups is 3. The van der Waals surface area contributed by atoms with Gasteiger partial charge in [-0.2, -0.15) is 5.10 Å². The second kappa shape index (κ2) is 12.1. The Morgan fingerprint density at radius 1 is 1.03 bits per heavy atom. The summed E-state index contributed by atoms with van der Waals surface area (Å²) >= 11 is 0. The van der Waals surface area contributed by atoms with Gasteiger partial charge in [0.25, 0.3) is 11.8 Å². The third kappa shape index (κ3) is 7.26. The summed E-state index contributed by atoms with van der Waals surface area (Å²) in [6.07, 6.45) is -1.52. The first-order valence-electron chi connectivity index (χ1n) is 11.8. The lowest BCUT2D eigenvalue weighted by molar-refractivity contribution is -0.147. The van der Waals surface area contributed by atoms with Crippen LogP contribution >= 0.6 is 0 Å². The number of benzene rings is 2. The minimum Gasteiger partial charge on any atom is -0.479 e. The lowest BCUT2D eigenvalue weighted by Crippen LogP contribution is -2.40. The molecular weight excluding hydrogens is 460 g/mol. The Bertz CT molecular complexity index is 1170. The van der Waals surface area contributed by atoms with Crippen LogP contribution in [0.1, 0.15) is 46.8 Å². The third-order valence-corrected chi connectivity index (χ3v) is 5.70. The first-order valence-corrected chi connectivity index (χ1v) is 11.8. The number of carbonyl (C=O) groups excluding carboxylic acids is 2. The van der Waals surface area contributed by atoms with Crippen LogP contribution in [0.5, 0.6) is 0 Å². The van der Waals surface area contributed by atoms with Gasteiger partial charge in [-0.3, -0.25) is 14.7 Å². The largest absolute Gasteiger partial charge is 0.479 e. The second-order valence-electron chi connectivity index (χ2n) is 9.27. The Labute approximate surface area is 210 Å². The van der Waals surface area contributed by atoms with Crippen molar-refractivity contribution in [2.45, 2.75) is 38.8 Å². The highest BCUT2D eigenvalue weighted by Gasteiger charge is 2.24. The van der Waals surface area contributed by atoms with Gasteiger partial charge in [-0.05, 0) is 29.0 Å². The van der Waals surface area contributed by atoms with Crippen molar-refractivity contribution in [2.75, 3.05) is 13.6 Å². The number of aliphatic hydroxyl groups is 1. The number of aromatic amines is 1. The zero-order valence-corrected chi connectivity index (χ0v) is 20.6. The fraction of sp³-hybridized carbons (Fsp3) is 0.333. The molecule has 3 rings (SSSR count). The summed E-state index contributed by atoms with van der Waals surface area (Å²) in [4.78, 5) is 38.2. The van der Waals surface area contributed by atoms with Crippen molar-refractivity contribution in [2.24, 2.45) is 5.92 Å². The van der Waals surface area contributed by atoms with Gasteiger partial charge >= 0.3 is 5.97 Å². The molecule has 3 aromatic rings. The third-order valence-electron chi connectivity index (χ3n) is 5.70. The smallest absolute Gasteiger partial charge is 0.332 e. The van der Waals surface area contributed by atoms with E-state index in [1.165, 1.54) is 6.07 Å². The van der Waals surface area contributed by atoms with Gasteiger partial charge in [0.15, 0.2) is 11.8 Å². The van der Waals surface area contributed by atoms with E-state index in [2.05, 4.69) is 15.5 Å². The van der Waals surface area contributed by atoms with Gasteiger partial charge < -0.3 is 20.4 Å². The van der Waals surface area contributed by atoms with Crippen LogP contribution in [-0.2, 0) is 11.2 Å². The Balaban J connectivity index is 1.71. The molecule has 0 bridgehead atoms. The molecule has 2 atom stereocenters. The number of amides is 2. The van der Waals surface area contributed by atoms with Crippen LogP contribution in [0.3, 0.4) is 0 Å². The molecule has 0 fully saturated rings. The van der Waals surface area contributed by atoms with Crippen molar-refractivity contribution in [3.63, 3.8) is 0 Å². The predicted molar refractivity (Wildman–Crippen MR) is 135 cm³/mol. The van der Waals surface area contributed by atoms with E-state index in [1.54, 1.807) is 11.9 Å². The molecule has 0 aliphatic heterocycles. The van der Waals surface area contributed by atoms with Crippen LogP contribution < -0.4 is 5.32 Å². The van der Waals surface area contributed by atoms with Crippen LogP contribution in [0.2, 0.25) is 0 Å². The molecule has 0 saturated carbocycles. The summed E-state index contributed by atoms with van der Waals surface area (Å²) in [7, 11) is 1.68. The minimum absolute atomic E-state index is 0.00513. The zero-order chi connectivity index (χ0) is 26.2. The van der Waals surface area contributed by atoms with Crippen LogP contribution in [0.25, 0.3) is 11.1 Å². The Hall–Kier alpha value is -3.98. The molecule has 9 nitrogen and oxygen atoms in total. The molecule has 1 heterocycles. The number of aliphatic carboxylic acids is 1. The Morgan fingerprint density at radius 2 is 1.67 bits per heavy atom. The lowest BCUT2D eigenvalue weighted by atomic mass is 9.97. The second-order valence-corrected chi connectivity index (χ2v) is 9.27. The summed E-state index contributed by atoms with van der Waals surface area (Å²) in [5.41, 5.74) is 3.15. The first kappa shape index (κ1) is 26.6. The van der Waals surface area contributed by atoms with E-state index in [1.807, 2.05) is 68.4 Å². The van der Waals surface area contributed by atoms with Gasteiger partial charge in [0.2, 0.25) is 0 Å². The molecule has 0 aliphatic rings. The minimum atomic E-state index is -1.64. The monoisotopic (exact) mass is 492 g/mol. The standard InChI is InChI=1S/C27H32N4O5/c1-17(2)16-31(3)26(34)23-15-22(29-30-23)25(33)28-21(14-24(32)27(35)36)13-18-9-11-20(12-10-18)19-7-5-4-6-8-19/h4-12,15,17,21,24,32H,13-14,16H2,1-3H3,(H,28,33)(H,29,30)(H,35,36)/t21-,24+/m1/s1. The summed E-state index contributed by atoms with van der Waals surface area (Å²) in [6, 6.07) is 18.3. The average molecular weight is 493 g/mol. The summed E-state index contributed by atoms with van der Waals surface area (Å²) in [5, 5.41) is 28.4. The van der Waals surface area contributed by atoms with Crippen molar-refractivity contribution in [3.05, 3.63) is 77.6 Å². The predicted octanol–water partition coefficient (Wildman–Crippen LogP) is 2.98. The molecule has 190 valence electrons. The number of aromatic nitrogens is 2. The topological polar surface area (TPSA) is 136 Å². The van der Waals surface area contributed by atoms with Crippen molar-refractivity contribution >= 4 is 17.8 Å². The highest BCUT2D eigenvalue weighted by molar-refractivity contribution is 5.97. The SMILES string of the molecule is CC(C)CN(C)C(=O)c1cc(C(=O)N[C@H](Cc2ccc(-c3ccccc3)cc2)C[C@H](O)C(=O)O)n[nH]1. The number of H-pyrrole nitrogens is 1. The van der Waals surface area contributed by atoms with Crippen LogP contribution in [0.15, 0.2) is 60.7 Å². The van der Waals surface area contributed by atoms with Gasteiger partial charge in [-0.25, -0.2) is 4.79 Å². The van der Waals surface area contributed by atoms with E-state index >= 15 is 0 Å². The van der Waals surface area contributed by atoms with E-state index in [9.17, 15) is 19.5 Å². The number of carboxylic acids is 1. The highest BCUT2D eigenvalue weighted by atomic mass is 16.4. The van der Waals surface area contributed by atoms with Crippen molar-refractivity contribution < 1.29 is 24.6 Å². The highest BCUT2D eigenvalue weighted by Crippen LogP contribution is 2.20. The molecule has 1 aromatic heterocycles. The summed E-state index contributed by atoms with van der Waals surface area (Å²) in [5.74, 6) is -1.94. The maximum atomic E-state index is 12.9. The maximum absolute atomic E-state index is 12.9. The summed E-state index contributed by atoms with van der Waals surface area (Å²) < 4.78 is 0. The molecule has 2 aromatic carbocycles. The van der Waals surface area contributed by atoms with Crippen molar-refractivity contribution in [1.82, 2.24) is 20.4 Å². The quantitative estimate of drug-likeness (QED) is 0.325. The van der Waals surface area contributed by atoms with E-state index < -0.39 is 24.0 Å². The van der Waals surface area contributed by atoms with Crippen LogP contribution in [-0.4, -0.2) is 68.8 Å². The molecule has 0 aliphatic carbocycles. The number of hydrogen-bond donors (Lipinski definition) is 4. The molecule has 36 heavy (non-hydrogen) atoms. The maximum Gasteiger partial charge on any atom is 0.332 e. The van der Waals surface area contributed by atoms with Crippen molar-refractivity contribution in [1.29, 1.82) is 0 Å². The fourth-order valence-electron chi connectivity index (χ4n) is 3.96. The van der Waals surface area contributed by atoms with E-state index in [0.29, 0.717) is 13.0 Å². The normalized spacial score (nSPS) is 12.7. The van der Waals surface area contributed by atoms with Gasteiger partial charge in [0.05, 0.1) is 0 Å². The average Bonchev–Trinajstić information content (AvgIpc) is 3.34. The number of hydrogen-bond acceptors (Lipinski definition) is 5. The molecule has 0 unspecified atom stereocenters. The van der Waals surface area contributed by atoms with E-state index in [0.717, 1.165) is 16.7 Å². The number of nitrogens with one attached hydrogen (secondary N) is 2. The number of rotatable bonds is 11. The molecule has 2 amide bonds. The van der Waals surface area contributed by atoms with Crippen LogP contribution in [0, 0.1) is 5.92 Å². The van der Waals surface area contributed by atoms with E-state index in [4.69, 9.17) is 5.11 Å². The van der Waals surface area contributed by atoms with Crippen molar-refractivity contribution in [3.8, 4) is 11.1 Å².